The van der Waals surface area contributed by atoms with E-state index in [9.17, 15) is 4.79 Å². The Kier molecular flexibility index (Phi) is 6.77. The Hall–Kier alpha value is -1.76. The van der Waals surface area contributed by atoms with Gasteiger partial charge in [-0.25, -0.2) is 4.98 Å². The Morgan fingerprint density at radius 2 is 2.08 bits per heavy atom. The summed E-state index contributed by atoms with van der Waals surface area (Å²) in [6.07, 6.45) is 4.67. The fraction of sp³-hybridized carbons (Fsp3) is 0.500. The van der Waals surface area contributed by atoms with Crippen molar-refractivity contribution in [3.8, 4) is 0 Å². The van der Waals surface area contributed by atoms with Crippen LogP contribution >= 0.6 is 11.3 Å². The van der Waals surface area contributed by atoms with Gasteiger partial charge in [-0.15, -0.1) is 11.3 Å². The Morgan fingerprint density at radius 1 is 1.31 bits per heavy atom. The lowest BCUT2D eigenvalue weighted by Crippen LogP contribution is -2.36. The van der Waals surface area contributed by atoms with Crippen molar-refractivity contribution in [2.75, 3.05) is 13.1 Å². The number of nitrogens with two attached hydrogens (primary N) is 1. The number of benzene rings is 1. The lowest BCUT2D eigenvalue weighted by molar-refractivity contribution is 0.0946. The number of carbonyl (C=O) groups is 1. The highest BCUT2D eigenvalue weighted by atomic mass is 32.1. The van der Waals surface area contributed by atoms with Crippen LogP contribution in [0, 0.1) is 0 Å². The van der Waals surface area contributed by atoms with Crippen LogP contribution in [0.25, 0.3) is 0 Å². The molecule has 0 spiro atoms. The van der Waals surface area contributed by atoms with Gasteiger partial charge in [0.1, 0.15) is 5.69 Å². The standard InChI is InChI=1S/C20H28N4OS/c1-15-4-2-3-11-24(15)13-17-7-5-16(6-8-17)12-22-20(25)18-14-26-19(23-18)9-10-21/h5-8,14-15H,2-4,9-13,21H2,1H3,(H,22,25). The highest BCUT2D eigenvalue weighted by Gasteiger charge is 2.18. The van der Waals surface area contributed by atoms with E-state index in [0.29, 0.717) is 24.8 Å². The van der Waals surface area contributed by atoms with Gasteiger partial charge in [-0.05, 0) is 44.0 Å². The van der Waals surface area contributed by atoms with E-state index in [-0.39, 0.29) is 5.91 Å². The highest BCUT2D eigenvalue weighted by Crippen LogP contribution is 2.19. The molecule has 26 heavy (non-hydrogen) atoms. The zero-order valence-corrected chi connectivity index (χ0v) is 16.2. The van der Waals surface area contributed by atoms with E-state index in [4.69, 9.17) is 5.73 Å². The third-order valence-corrected chi connectivity index (χ3v) is 5.85. The topological polar surface area (TPSA) is 71.2 Å². The second-order valence-corrected chi connectivity index (χ2v) is 7.92. The Labute approximate surface area is 159 Å². The van der Waals surface area contributed by atoms with Crippen molar-refractivity contribution in [1.29, 1.82) is 0 Å². The maximum absolute atomic E-state index is 12.2. The quantitative estimate of drug-likeness (QED) is 0.784. The molecule has 5 nitrogen and oxygen atoms in total. The molecule has 2 heterocycles. The van der Waals surface area contributed by atoms with E-state index in [1.807, 2.05) is 0 Å². The maximum Gasteiger partial charge on any atom is 0.271 e. The molecule has 1 aromatic carbocycles. The molecule has 1 aromatic heterocycles. The van der Waals surface area contributed by atoms with Gasteiger partial charge in [0, 0.05) is 30.9 Å². The number of piperidine rings is 1. The first-order valence-corrected chi connectivity index (χ1v) is 10.3. The largest absolute Gasteiger partial charge is 0.347 e. The number of likely N-dealkylation sites (tertiary alicyclic amines) is 1. The van der Waals surface area contributed by atoms with Crippen LogP contribution < -0.4 is 11.1 Å². The Bertz CT molecular complexity index is 713. The third-order valence-electron chi connectivity index (χ3n) is 4.94. The predicted molar refractivity (Wildman–Crippen MR) is 106 cm³/mol. The molecule has 0 saturated carbocycles. The number of aromatic nitrogens is 1. The predicted octanol–water partition coefficient (Wildman–Crippen LogP) is 2.95. The smallest absolute Gasteiger partial charge is 0.271 e. The van der Waals surface area contributed by atoms with Crippen molar-refractivity contribution in [2.24, 2.45) is 5.73 Å². The molecule has 1 saturated heterocycles. The van der Waals surface area contributed by atoms with Gasteiger partial charge in [-0.2, -0.15) is 0 Å². The highest BCUT2D eigenvalue weighted by molar-refractivity contribution is 7.09. The Balaban J connectivity index is 1.49. The summed E-state index contributed by atoms with van der Waals surface area (Å²) in [7, 11) is 0. The average Bonchev–Trinajstić information content (AvgIpc) is 3.12. The molecular formula is C20H28N4OS. The number of carbonyl (C=O) groups excluding carboxylic acids is 1. The number of hydrogen-bond donors (Lipinski definition) is 2. The molecule has 0 radical (unpaired) electrons. The lowest BCUT2D eigenvalue weighted by Gasteiger charge is -2.33. The van der Waals surface area contributed by atoms with Gasteiger partial charge in [0.25, 0.3) is 5.91 Å². The zero-order chi connectivity index (χ0) is 18.4. The number of thiazole rings is 1. The van der Waals surface area contributed by atoms with Crippen LogP contribution in [0.3, 0.4) is 0 Å². The summed E-state index contributed by atoms with van der Waals surface area (Å²) >= 11 is 1.49. The fourth-order valence-corrected chi connectivity index (χ4v) is 4.11. The van der Waals surface area contributed by atoms with Crippen molar-refractivity contribution in [1.82, 2.24) is 15.2 Å². The Morgan fingerprint density at radius 3 is 2.81 bits per heavy atom. The van der Waals surface area contributed by atoms with Crippen LogP contribution in [0.1, 0.15) is 52.8 Å². The van der Waals surface area contributed by atoms with E-state index in [0.717, 1.165) is 23.5 Å². The molecule has 140 valence electrons. The second kappa shape index (κ2) is 9.26. The molecule has 1 fully saturated rings. The first-order valence-electron chi connectivity index (χ1n) is 9.40. The van der Waals surface area contributed by atoms with Crippen LogP contribution in [0.5, 0.6) is 0 Å². The number of hydrogen-bond acceptors (Lipinski definition) is 5. The minimum atomic E-state index is -0.129. The van der Waals surface area contributed by atoms with Gasteiger partial charge >= 0.3 is 0 Å². The van der Waals surface area contributed by atoms with E-state index in [1.165, 1.54) is 42.7 Å². The molecule has 6 heteroatoms. The maximum atomic E-state index is 12.2. The molecular weight excluding hydrogens is 344 g/mol. The van der Waals surface area contributed by atoms with E-state index in [2.05, 4.69) is 46.4 Å². The van der Waals surface area contributed by atoms with Crippen molar-refractivity contribution >= 4 is 17.2 Å². The van der Waals surface area contributed by atoms with Gasteiger partial charge in [0.15, 0.2) is 0 Å². The van der Waals surface area contributed by atoms with Gasteiger partial charge in [-0.1, -0.05) is 30.7 Å². The molecule has 0 bridgehead atoms. The van der Waals surface area contributed by atoms with Crippen LogP contribution in [0.4, 0.5) is 0 Å². The molecule has 1 aliphatic rings. The van der Waals surface area contributed by atoms with Crippen molar-refractivity contribution in [2.45, 2.75) is 51.7 Å². The fourth-order valence-electron chi connectivity index (χ4n) is 3.32. The molecule has 1 amide bonds. The molecule has 2 aromatic rings. The van der Waals surface area contributed by atoms with E-state index >= 15 is 0 Å². The molecule has 3 N–H and O–H groups in total. The molecule has 1 aliphatic heterocycles. The second-order valence-electron chi connectivity index (χ2n) is 6.98. The van der Waals surface area contributed by atoms with Crippen LogP contribution in [-0.2, 0) is 19.5 Å². The van der Waals surface area contributed by atoms with Crippen molar-refractivity contribution in [3.05, 3.63) is 51.5 Å². The number of nitrogens with zero attached hydrogens (tertiary/aromatic N) is 2. The summed E-state index contributed by atoms with van der Waals surface area (Å²) < 4.78 is 0. The summed E-state index contributed by atoms with van der Waals surface area (Å²) in [5.74, 6) is -0.129. The molecule has 3 rings (SSSR count). The van der Waals surface area contributed by atoms with Crippen LogP contribution in [0.15, 0.2) is 29.6 Å². The number of amides is 1. The third kappa shape index (κ3) is 5.13. The van der Waals surface area contributed by atoms with Crippen molar-refractivity contribution < 1.29 is 4.79 Å². The molecule has 1 unspecified atom stereocenters. The average molecular weight is 373 g/mol. The van der Waals surface area contributed by atoms with Crippen molar-refractivity contribution in [3.63, 3.8) is 0 Å². The lowest BCUT2D eigenvalue weighted by atomic mass is 10.0. The monoisotopic (exact) mass is 372 g/mol. The number of nitrogens with one attached hydrogen (secondary N) is 1. The molecule has 1 atom stereocenters. The first kappa shape index (κ1) is 19.0. The summed E-state index contributed by atoms with van der Waals surface area (Å²) in [4.78, 5) is 19.1. The van der Waals surface area contributed by atoms with Gasteiger partial charge in [-0.3, -0.25) is 9.69 Å². The number of rotatable bonds is 7. The van der Waals surface area contributed by atoms with E-state index < -0.39 is 0 Å². The van der Waals surface area contributed by atoms with Crippen LogP contribution in [-0.4, -0.2) is 34.9 Å². The summed E-state index contributed by atoms with van der Waals surface area (Å²) in [5.41, 5.74) is 8.44. The minimum absolute atomic E-state index is 0.129. The molecule has 0 aliphatic carbocycles. The van der Waals surface area contributed by atoms with E-state index in [1.54, 1.807) is 5.38 Å². The summed E-state index contributed by atoms with van der Waals surface area (Å²) in [6.45, 7) is 5.59. The zero-order valence-electron chi connectivity index (χ0n) is 15.4. The van der Waals surface area contributed by atoms with Crippen LogP contribution in [0.2, 0.25) is 0 Å². The SMILES string of the molecule is CC1CCCCN1Cc1ccc(CNC(=O)c2csc(CCN)n2)cc1. The van der Waals surface area contributed by atoms with Gasteiger partial charge < -0.3 is 11.1 Å². The van der Waals surface area contributed by atoms with Gasteiger partial charge in [0.05, 0.1) is 5.01 Å². The minimum Gasteiger partial charge on any atom is -0.347 e. The first-order chi connectivity index (χ1) is 12.7. The summed E-state index contributed by atoms with van der Waals surface area (Å²) in [5, 5.41) is 5.65. The van der Waals surface area contributed by atoms with Gasteiger partial charge in [0.2, 0.25) is 0 Å². The summed E-state index contributed by atoms with van der Waals surface area (Å²) in [6, 6.07) is 9.22. The normalized spacial score (nSPS) is 18.0.